The van der Waals surface area contributed by atoms with E-state index in [1.165, 1.54) is 10.3 Å². The van der Waals surface area contributed by atoms with Crippen molar-refractivity contribution >= 4 is 33.3 Å². The monoisotopic (exact) mass is 295 g/mol. The zero-order valence-electron chi connectivity index (χ0n) is 11.8. The molecule has 0 bridgehead atoms. The summed E-state index contributed by atoms with van der Waals surface area (Å²) in [6.45, 7) is 9.97. The molecule has 104 valence electrons. The highest BCUT2D eigenvalue weighted by Crippen LogP contribution is 2.30. The first kappa shape index (κ1) is 14.8. The number of aromatic nitrogens is 2. The summed E-state index contributed by atoms with van der Waals surface area (Å²) in [7, 11) is 0. The molecule has 0 saturated heterocycles. The van der Waals surface area contributed by atoms with Gasteiger partial charge in [0, 0.05) is 22.6 Å². The summed E-state index contributed by atoms with van der Waals surface area (Å²) in [6, 6.07) is 2.25. The Morgan fingerprint density at radius 2 is 2.00 bits per heavy atom. The van der Waals surface area contributed by atoms with Gasteiger partial charge in [0.1, 0.15) is 16.2 Å². The molecule has 2 aromatic heterocycles. The van der Waals surface area contributed by atoms with Gasteiger partial charge in [0.05, 0.1) is 0 Å². The van der Waals surface area contributed by atoms with Gasteiger partial charge in [-0.05, 0) is 25.6 Å². The maximum Gasteiger partial charge on any atom is 0.128 e. The average Bonchev–Trinajstić information content (AvgIpc) is 2.87. The Labute approximate surface area is 123 Å². The van der Waals surface area contributed by atoms with Crippen molar-refractivity contribution in [2.45, 2.75) is 32.2 Å². The third-order valence-electron chi connectivity index (χ3n) is 3.23. The Hall–Kier alpha value is -0.650. The van der Waals surface area contributed by atoms with E-state index in [2.05, 4.69) is 41.7 Å². The van der Waals surface area contributed by atoms with E-state index in [0.717, 1.165) is 41.7 Å². The van der Waals surface area contributed by atoms with E-state index in [1.54, 1.807) is 17.7 Å². The van der Waals surface area contributed by atoms with E-state index in [-0.39, 0.29) is 0 Å². The SMILES string of the molecule is CCc1cc2c(SCCN(CC)CC)ncnc2s1. The molecule has 0 unspecified atom stereocenters. The van der Waals surface area contributed by atoms with E-state index >= 15 is 0 Å². The summed E-state index contributed by atoms with van der Waals surface area (Å²) < 4.78 is 0. The van der Waals surface area contributed by atoms with Crippen LogP contribution in [-0.2, 0) is 6.42 Å². The van der Waals surface area contributed by atoms with Crippen LogP contribution in [0, 0.1) is 0 Å². The normalized spacial score (nSPS) is 11.6. The predicted molar refractivity (Wildman–Crippen MR) is 85.3 cm³/mol. The van der Waals surface area contributed by atoms with Crippen molar-refractivity contribution in [1.82, 2.24) is 14.9 Å². The number of thioether (sulfide) groups is 1. The third-order valence-corrected chi connectivity index (χ3v) is 5.41. The molecule has 0 radical (unpaired) electrons. The van der Waals surface area contributed by atoms with Gasteiger partial charge in [0.25, 0.3) is 0 Å². The number of fused-ring (bicyclic) bond motifs is 1. The molecule has 19 heavy (non-hydrogen) atoms. The fraction of sp³-hybridized carbons (Fsp3) is 0.571. The van der Waals surface area contributed by atoms with Crippen LogP contribution in [0.3, 0.4) is 0 Å². The van der Waals surface area contributed by atoms with Crippen molar-refractivity contribution in [3.63, 3.8) is 0 Å². The summed E-state index contributed by atoms with van der Waals surface area (Å²) in [5, 5.41) is 2.36. The molecule has 5 heteroatoms. The summed E-state index contributed by atoms with van der Waals surface area (Å²) in [6.07, 6.45) is 2.77. The van der Waals surface area contributed by atoms with Crippen molar-refractivity contribution in [3.8, 4) is 0 Å². The summed E-state index contributed by atoms with van der Waals surface area (Å²) >= 11 is 3.63. The van der Waals surface area contributed by atoms with E-state index in [0.29, 0.717) is 0 Å². The number of nitrogens with zero attached hydrogens (tertiary/aromatic N) is 3. The van der Waals surface area contributed by atoms with Crippen LogP contribution in [-0.4, -0.2) is 40.3 Å². The number of thiophene rings is 1. The Morgan fingerprint density at radius 1 is 1.21 bits per heavy atom. The molecule has 0 N–H and O–H groups in total. The maximum atomic E-state index is 4.44. The second-order valence-corrected chi connectivity index (χ2v) is 6.54. The zero-order valence-corrected chi connectivity index (χ0v) is 13.5. The lowest BCUT2D eigenvalue weighted by Crippen LogP contribution is -2.25. The molecule has 0 spiro atoms. The summed E-state index contributed by atoms with van der Waals surface area (Å²) in [4.78, 5) is 13.8. The minimum Gasteiger partial charge on any atom is -0.303 e. The smallest absolute Gasteiger partial charge is 0.128 e. The third kappa shape index (κ3) is 3.68. The molecule has 2 aromatic rings. The van der Waals surface area contributed by atoms with Gasteiger partial charge in [0.2, 0.25) is 0 Å². The molecule has 0 saturated carbocycles. The highest BCUT2D eigenvalue weighted by atomic mass is 32.2. The van der Waals surface area contributed by atoms with Crippen LogP contribution in [0.25, 0.3) is 10.2 Å². The van der Waals surface area contributed by atoms with Gasteiger partial charge in [-0.25, -0.2) is 9.97 Å². The highest BCUT2D eigenvalue weighted by Gasteiger charge is 2.09. The van der Waals surface area contributed by atoms with Crippen LogP contribution < -0.4 is 0 Å². The fourth-order valence-electron chi connectivity index (χ4n) is 1.98. The fourth-order valence-corrected chi connectivity index (χ4v) is 3.96. The molecule has 0 amide bonds. The van der Waals surface area contributed by atoms with Gasteiger partial charge in [0.15, 0.2) is 0 Å². The minimum atomic E-state index is 1.07. The Morgan fingerprint density at radius 3 is 2.68 bits per heavy atom. The van der Waals surface area contributed by atoms with E-state index in [1.807, 2.05) is 11.8 Å². The van der Waals surface area contributed by atoms with Crippen LogP contribution in [0.5, 0.6) is 0 Å². The quantitative estimate of drug-likeness (QED) is 0.575. The van der Waals surface area contributed by atoms with Crippen LogP contribution >= 0.6 is 23.1 Å². The van der Waals surface area contributed by atoms with Gasteiger partial charge in [-0.2, -0.15) is 0 Å². The van der Waals surface area contributed by atoms with Gasteiger partial charge in [-0.15, -0.1) is 23.1 Å². The molecule has 0 aliphatic rings. The van der Waals surface area contributed by atoms with Crippen molar-refractivity contribution < 1.29 is 0 Å². The molecular formula is C14H21N3S2. The summed E-state index contributed by atoms with van der Waals surface area (Å²) in [5.74, 6) is 1.09. The van der Waals surface area contributed by atoms with Crippen molar-refractivity contribution in [2.75, 3.05) is 25.4 Å². The van der Waals surface area contributed by atoms with Crippen LogP contribution in [0.15, 0.2) is 17.4 Å². The minimum absolute atomic E-state index is 1.07. The lowest BCUT2D eigenvalue weighted by molar-refractivity contribution is 0.324. The van der Waals surface area contributed by atoms with Crippen LogP contribution in [0.4, 0.5) is 0 Å². The second-order valence-electron chi connectivity index (χ2n) is 4.34. The number of hydrogen-bond acceptors (Lipinski definition) is 5. The van der Waals surface area contributed by atoms with Gasteiger partial charge in [-0.3, -0.25) is 0 Å². The topological polar surface area (TPSA) is 29.0 Å². The Balaban J connectivity index is 2.05. The average molecular weight is 295 g/mol. The second kappa shape index (κ2) is 7.22. The van der Waals surface area contributed by atoms with Gasteiger partial charge in [-0.1, -0.05) is 20.8 Å². The molecule has 3 nitrogen and oxygen atoms in total. The molecule has 0 atom stereocenters. The van der Waals surface area contributed by atoms with Crippen molar-refractivity contribution in [2.24, 2.45) is 0 Å². The standard InChI is InChI=1S/C14H21N3S2/c1-4-11-9-12-13(15-10-16-14(12)19-11)18-8-7-17(5-2)6-3/h9-10H,4-8H2,1-3H3. The zero-order chi connectivity index (χ0) is 13.7. The molecule has 2 rings (SSSR count). The largest absolute Gasteiger partial charge is 0.303 e. The first-order valence-corrected chi connectivity index (χ1v) is 8.67. The molecule has 2 heterocycles. The number of rotatable bonds is 7. The van der Waals surface area contributed by atoms with Crippen LogP contribution in [0.2, 0.25) is 0 Å². The van der Waals surface area contributed by atoms with E-state index in [4.69, 9.17) is 0 Å². The van der Waals surface area contributed by atoms with Crippen molar-refractivity contribution in [1.29, 1.82) is 0 Å². The van der Waals surface area contributed by atoms with E-state index < -0.39 is 0 Å². The molecule has 0 aliphatic carbocycles. The Bertz CT molecular complexity index is 520. The van der Waals surface area contributed by atoms with Gasteiger partial charge >= 0.3 is 0 Å². The van der Waals surface area contributed by atoms with E-state index in [9.17, 15) is 0 Å². The molecule has 0 aliphatic heterocycles. The lowest BCUT2D eigenvalue weighted by Gasteiger charge is -2.17. The number of hydrogen-bond donors (Lipinski definition) is 0. The molecular weight excluding hydrogens is 274 g/mol. The molecule has 0 fully saturated rings. The predicted octanol–water partition coefficient (Wildman–Crippen LogP) is 3.69. The number of aryl methyl sites for hydroxylation is 1. The van der Waals surface area contributed by atoms with Crippen LogP contribution in [0.1, 0.15) is 25.6 Å². The van der Waals surface area contributed by atoms with Crippen molar-refractivity contribution in [3.05, 3.63) is 17.3 Å². The summed E-state index contributed by atoms with van der Waals surface area (Å²) in [5.41, 5.74) is 0. The lowest BCUT2D eigenvalue weighted by atomic mass is 10.3. The maximum absolute atomic E-state index is 4.44. The first-order chi connectivity index (χ1) is 9.28. The first-order valence-electron chi connectivity index (χ1n) is 6.87. The Kier molecular flexibility index (Phi) is 5.60. The van der Waals surface area contributed by atoms with Gasteiger partial charge < -0.3 is 4.90 Å². The molecule has 0 aromatic carbocycles. The highest BCUT2D eigenvalue weighted by molar-refractivity contribution is 7.99.